The molecule has 0 radical (unpaired) electrons. The summed E-state index contributed by atoms with van der Waals surface area (Å²) in [5.74, 6) is 0.296. The van der Waals surface area contributed by atoms with Crippen LogP contribution in [0.25, 0.3) is 11.2 Å². The second-order valence-corrected chi connectivity index (χ2v) is 6.74. The van der Waals surface area contributed by atoms with Gasteiger partial charge in [-0.1, -0.05) is 25.4 Å². The molecule has 2 N–H and O–H groups in total. The summed E-state index contributed by atoms with van der Waals surface area (Å²) in [5, 5.41) is 0.227. The molecule has 1 aliphatic heterocycles. The Bertz CT molecular complexity index is 686. The van der Waals surface area contributed by atoms with Crippen molar-refractivity contribution in [2.24, 2.45) is 5.92 Å². The third-order valence-electron chi connectivity index (χ3n) is 4.29. The van der Waals surface area contributed by atoms with Crippen LogP contribution in [-0.4, -0.2) is 30.5 Å². The average Bonchev–Trinajstić information content (AvgIpc) is 2.91. The molecule has 1 fully saturated rings. The van der Waals surface area contributed by atoms with Crippen molar-refractivity contribution in [3.8, 4) is 0 Å². The normalized spacial score (nSPS) is 32.9. The van der Waals surface area contributed by atoms with E-state index >= 15 is 0 Å². The number of alkyl halides is 1. The van der Waals surface area contributed by atoms with Gasteiger partial charge in [-0.2, -0.15) is 9.97 Å². The summed E-state index contributed by atoms with van der Waals surface area (Å²) >= 11 is 12.8. The van der Waals surface area contributed by atoms with E-state index in [1.54, 1.807) is 10.9 Å². The second-order valence-electron chi connectivity index (χ2n) is 5.57. The number of imidazole rings is 1. The molecule has 0 aliphatic carbocycles. The first-order valence-corrected chi connectivity index (χ1v) is 7.61. The van der Waals surface area contributed by atoms with Gasteiger partial charge in [0, 0.05) is 5.92 Å². The summed E-state index contributed by atoms with van der Waals surface area (Å²) in [6.07, 6.45) is 2.23. The van der Waals surface area contributed by atoms with Crippen molar-refractivity contribution in [2.45, 2.75) is 44.4 Å². The van der Waals surface area contributed by atoms with Gasteiger partial charge in [0.2, 0.25) is 5.95 Å². The zero-order valence-corrected chi connectivity index (χ0v) is 13.6. The zero-order chi connectivity index (χ0) is 15.4. The summed E-state index contributed by atoms with van der Waals surface area (Å²) in [6.45, 7) is 6.15. The van der Waals surface area contributed by atoms with Crippen molar-refractivity contribution in [1.82, 2.24) is 19.5 Å². The fourth-order valence-corrected chi connectivity index (χ4v) is 3.38. The average molecular weight is 330 g/mol. The van der Waals surface area contributed by atoms with E-state index < -0.39 is 4.87 Å². The third kappa shape index (κ3) is 2.17. The molecule has 0 unspecified atom stereocenters. The molecule has 0 saturated carbocycles. The van der Waals surface area contributed by atoms with Crippen LogP contribution in [0.5, 0.6) is 0 Å². The van der Waals surface area contributed by atoms with Crippen LogP contribution in [0, 0.1) is 5.92 Å². The molecule has 1 saturated heterocycles. The highest BCUT2D eigenvalue weighted by molar-refractivity contribution is 6.33. The van der Waals surface area contributed by atoms with Gasteiger partial charge in [-0.05, 0) is 13.3 Å². The molecule has 6 nitrogen and oxygen atoms in total. The lowest BCUT2D eigenvalue weighted by atomic mass is 9.90. The fourth-order valence-electron chi connectivity index (χ4n) is 2.86. The third-order valence-corrected chi connectivity index (χ3v) is 5.08. The van der Waals surface area contributed by atoms with Crippen molar-refractivity contribution in [3.05, 3.63) is 11.5 Å². The molecular formula is C13H17Cl2N5O. The zero-order valence-electron chi connectivity index (χ0n) is 12.0. The van der Waals surface area contributed by atoms with Crippen LogP contribution in [0.15, 0.2) is 6.33 Å². The smallest absolute Gasteiger partial charge is 0.223 e. The van der Waals surface area contributed by atoms with E-state index in [1.165, 1.54) is 0 Å². The Morgan fingerprint density at radius 1 is 1.48 bits per heavy atom. The molecule has 21 heavy (non-hydrogen) atoms. The van der Waals surface area contributed by atoms with E-state index in [2.05, 4.69) is 28.8 Å². The Hall–Kier alpha value is -1.11. The lowest BCUT2D eigenvalue weighted by Crippen LogP contribution is -2.32. The molecule has 1 aliphatic rings. The largest absolute Gasteiger partial charge is 0.368 e. The summed E-state index contributed by atoms with van der Waals surface area (Å²) < 4.78 is 7.91. The predicted molar refractivity (Wildman–Crippen MR) is 82.4 cm³/mol. The number of ether oxygens (including phenoxy) is 1. The van der Waals surface area contributed by atoms with Crippen molar-refractivity contribution in [1.29, 1.82) is 0 Å². The number of nitrogens with zero attached hydrogens (tertiary/aromatic N) is 4. The number of nitrogens with two attached hydrogens (primary N) is 1. The quantitative estimate of drug-likeness (QED) is 0.676. The van der Waals surface area contributed by atoms with Gasteiger partial charge in [0.25, 0.3) is 0 Å². The van der Waals surface area contributed by atoms with Crippen LogP contribution in [0.4, 0.5) is 5.95 Å². The lowest BCUT2D eigenvalue weighted by molar-refractivity contribution is -0.00881. The van der Waals surface area contributed by atoms with Gasteiger partial charge in [0.05, 0.1) is 17.3 Å². The minimum Gasteiger partial charge on any atom is -0.368 e. The Balaban J connectivity index is 2.13. The highest BCUT2D eigenvalue weighted by atomic mass is 35.5. The number of rotatable bonds is 2. The van der Waals surface area contributed by atoms with Crippen molar-refractivity contribution in [2.75, 3.05) is 5.73 Å². The molecule has 3 rings (SSSR count). The molecule has 0 amide bonds. The maximum absolute atomic E-state index is 6.75. The molecule has 2 aromatic rings. The van der Waals surface area contributed by atoms with Gasteiger partial charge in [-0.3, -0.25) is 4.57 Å². The molecular weight excluding hydrogens is 313 g/mol. The first-order chi connectivity index (χ1) is 9.86. The van der Waals surface area contributed by atoms with Gasteiger partial charge in [0.1, 0.15) is 5.52 Å². The van der Waals surface area contributed by atoms with Crippen LogP contribution in [0.1, 0.15) is 33.4 Å². The molecule has 2 aromatic heterocycles. The highest BCUT2D eigenvalue weighted by Gasteiger charge is 2.50. The van der Waals surface area contributed by atoms with Gasteiger partial charge < -0.3 is 10.5 Å². The summed E-state index contributed by atoms with van der Waals surface area (Å²) in [5.41, 5.74) is 6.71. The van der Waals surface area contributed by atoms with Crippen LogP contribution >= 0.6 is 23.2 Å². The van der Waals surface area contributed by atoms with Crippen molar-refractivity contribution in [3.63, 3.8) is 0 Å². The lowest BCUT2D eigenvalue weighted by Gasteiger charge is -2.27. The van der Waals surface area contributed by atoms with Crippen molar-refractivity contribution >= 4 is 40.3 Å². The van der Waals surface area contributed by atoms with E-state index in [0.717, 1.165) is 6.42 Å². The number of nitrogen functional groups attached to an aromatic ring is 1. The van der Waals surface area contributed by atoms with Gasteiger partial charge >= 0.3 is 0 Å². The van der Waals surface area contributed by atoms with Crippen molar-refractivity contribution < 1.29 is 4.74 Å². The fraction of sp³-hybridized carbons (Fsp3) is 0.615. The molecule has 8 heteroatoms. The van der Waals surface area contributed by atoms with Gasteiger partial charge in [0.15, 0.2) is 17.0 Å². The number of hydrogen-bond acceptors (Lipinski definition) is 5. The maximum atomic E-state index is 6.75. The standard InChI is InChI=1S/C13H17Cl2N5O/c1-4-7-6(2)13(3,15)11(21-7)20-5-17-8-9(14)18-12(16)19-10(8)20/h5-7,11H,4H2,1-3H3,(H2,16,18,19)/t6-,7-,11+,13-/m1/s1. The predicted octanol–water partition coefficient (Wildman–Crippen LogP) is 3.00. The Labute approximate surface area is 132 Å². The Kier molecular flexibility index (Phi) is 3.50. The molecule has 114 valence electrons. The first kappa shape index (κ1) is 14.8. The Morgan fingerprint density at radius 2 is 2.19 bits per heavy atom. The number of anilines is 1. The summed E-state index contributed by atoms with van der Waals surface area (Å²) in [7, 11) is 0. The molecule has 0 aromatic carbocycles. The van der Waals surface area contributed by atoms with E-state index in [1.807, 2.05) is 6.92 Å². The summed E-state index contributed by atoms with van der Waals surface area (Å²) in [4.78, 5) is 11.8. The minimum atomic E-state index is -0.569. The van der Waals surface area contributed by atoms with Gasteiger partial charge in [-0.25, -0.2) is 4.98 Å². The number of aromatic nitrogens is 4. The maximum Gasteiger partial charge on any atom is 0.223 e. The van der Waals surface area contributed by atoms with E-state index in [4.69, 9.17) is 33.7 Å². The molecule has 4 atom stereocenters. The van der Waals surface area contributed by atoms with E-state index in [-0.39, 0.29) is 29.4 Å². The highest BCUT2D eigenvalue weighted by Crippen LogP contribution is 2.48. The minimum absolute atomic E-state index is 0.0876. The topological polar surface area (TPSA) is 78.8 Å². The SMILES string of the molecule is CC[C@H]1O[C@H](n2cnc3c(Cl)nc(N)nc32)[C@](C)(Cl)[C@@H]1C. The molecule has 0 spiro atoms. The number of fused-ring (bicyclic) bond motifs is 1. The Morgan fingerprint density at radius 3 is 2.81 bits per heavy atom. The summed E-state index contributed by atoms with van der Waals surface area (Å²) in [6, 6.07) is 0. The van der Waals surface area contributed by atoms with E-state index in [0.29, 0.717) is 11.2 Å². The monoisotopic (exact) mass is 329 g/mol. The molecule has 3 heterocycles. The van der Waals surface area contributed by atoms with Crippen LogP contribution < -0.4 is 5.73 Å². The van der Waals surface area contributed by atoms with E-state index in [9.17, 15) is 0 Å². The molecule has 0 bridgehead atoms. The van der Waals surface area contributed by atoms with Crippen LogP contribution in [0.2, 0.25) is 5.15 Å². The number of halogens is 2. The van der Waals surface area contributed by atoms with Crippen LogP contribution in [-0.2, 0) is 4.74 Å². The first-order valence-electron chi connectivity index (χ1n) is 6.86. The number of hydrogen-bond donors (Lipinski definition) is 1. The second kappa shape index (κ2) is 4.97. The van der Waals surface area contributed by atoms with Gasteiger partial charge in [-0.15, -0.1) is 11.6 Å². The van der Waals surface area contributed by atoms with Crippen LogP contribution in [0.3, 0.4) is 0 Å².